The molecule has 104 valence electrons. The largest absolute Gasteiger partial charge is 0.335 e. The number of amides is 1. The average Bonchev–Trinajstić information content (AvgIpc) is 2.81. The Morgan fingerprint density at radius 3 is 3.05 bits per heavy atom. The van der Waals surface area contributed by atoms with Crippen molar-refractivity contribution >= 4 is 12.0 Å². The Morgan fingerprint density at radius 1 is 1.63 bits per heavy atom. The normalized spacial score (nSPS) is 24.1. The molecule has 1 amide bonds. The summed E-state index contributed by atoms with van der Waals surface area (Å²) >= 11 is 0. The molecule has 1 aliphatic heterocycles. The number of rotatable bonds is 3. The molecule has 1 fully saturated rings. The Hall–Kier alpha value is -1.62. The average molecular weight is 262 g/mol. The van der Waals surface area contributed by atoms with Crippen LogP contribution in [0.3, 0.4) is 0 Å². The number of piperidine rings is 1. The fraction of sp³-hybridized carbons (Fsp3) is 0.571. The number of hydrogen-bond acceptors (Lipinski definition) is 3. The molecular weight excluding hydrogens is 240 g/mol. The molecular formula is C14H22N4O. The minimum absolute atomic E-state index is 0.0446. The lowest BCUT2D eigenvalue weighted by atomic mass is 9.90. The van der Waals surface area contributed by atoms with E-state index in [1.165, 1.54) is 0 Å². The molecule has 1 aromatic rings. The predicted octanol–water partition coefficient (Wildman–Crippen LogP) is 1.02. The summed E-state index contributed by atoms with van der Waals surface area (Å²) in [4.78, 5) is 14.2. The van der Waals surface area contributed by atoms with Crippen LogP contribution in [0.25, 0.3) is 6.08 Å². The van der Waals surface area contributed by atoms with E-state index < -0.39 is 0 Å². The SMILES string of the molecule is CC1CCCN(C(=O)/C=C/c2ccnn2C)C1CN. The zero-order valence-corrected chi connectivity index (χ0v) is 11.6. The van der Waals surface area contributed by atoms with Gasteiger partial charge in [-0.1, -0.05) is 6.92 Å². The van der Waals surface area contributed by atoms with E-state index in [4.69, 9.17) is 5.73 Å². The number of nitrogens with two attached hydrogens (primary N) is 1. The first kappa shape index (κ1) is 13.8. The van der Waals surface area contributed by atoms with Gasteiger partial charge in [0.05, 0.1) is 5.69 Å². The monoisotopic (exact) mass is 262 g/mol. The molecule has 0 bridgehead atoms. The van der Waals surface area contributed by atoms with Gasteiger partial charge in [-0.15, -0.1) is 0 Å². The van der Waals surface area contributed by atoms with Crippen LogP contribution >= 0.6 is 0 Å². The zero-order chi connectivity index (χ0) is 13.8. The molecule has 5 heteroatoms. The van der Waals surface area contributed by atoms with Crippen LogP contribution in [-0.2, 0) is 11.8 Å². The van der Waals surface area contributed by atoms with Crippen LogP contribution < -0.4 is 5.73 Å². The smallest absolute Gasteiger partial charge is 0.246 e. The van der Waals surface area contributed by atoms with E-state index in [2.05, 4.69) is 12.0 Å². The van der Waals surface area contributed by atoms with Crippen LogP contribution in [0.4, 0.5) is 0 Å². The highest BCUT2D eigenvalue weighted by atomic mass is 16.2. The van der Waals surface area contributed by atoms with E-state index in [1.807, 2.05) is 24.1 Å². The number of likely N-dealkylation sites (tertiary alicyclic amines) is 1. The van der Waals surface area contributed by atoms with Crippen LogP contribution in [0.2, 0.25) is 0 Å². The van der Waals surface area contributed by atoms with Gasteiger partial charge in [-0.2, -0.15) is 5.10 Å². The first-order valence-electron chi connectivity index (χ1n) is 6.80. The molecule has 1 aromatic heterocycles. The van der Waals surface area contributed by atoms with Gasteiger partial charge in [0.15, 0.2) is 0 Å². The molecule has 1 saturated heterocycles. The maximum absolute atomic E-state index is 12.3. The van der Waals surface area contributed by atoms with E-state index in [0.717, 1.165) is 25.1 Å². The molecule has 1 aliphatic rings. The Labute approximate surface area is 114 Å². The molecule has 0 spiro atoms. The van der Waals surface area contributed by atoms with Gasteiger partial charge in [-0.3, -0.25) is 9.48 Å². The van der Waals surface area contributed by atoms with Crippen LogP contribution in [0.1, 0.15) is 25.5 Å². The second-order valence-electron chi connectivity index (χ2n) is 5.17. The first-order chi connectivity index (χ1) is 9.13. The molecule has 0 aromatic carbocycles. The second-order valence-corrected chi connectivity index (χ2v) is 5.17. The number of nitrogens with zero attached hydrogens (tertiary/aromatic N) is 3. The lowest BCUT2D eigenvalue weighted by molar-refractivity contribution is -0.130. The number of aryl methyl sites for hydroxylation is 1. The van der Waals surface area contributed by atoms with Gasteiger partial charge in [0.1, 0.15) is 0 Å². The third kappa shape index (κ3) is 3.04. The highest BCUT2D eigenvalue weighted by Gasteiger charge is 2.29. The lowest BCUT2D eigenvalue weighted by Gasteiger charge is -2.38. The van der Waals surface area contributed by atoms with Crippen molar-refractivity contribution in [3.05, 3.63) is 24.0 Å². The van der Waals surface area contributed by atoms with Gasteiger partial charge in [0.2, 0.25) is 5.91 Å². The molecule has 19 heavy (non-hydrogen) atoms. The van der Waals surface area contributed by atoms with Crippen LogP contribution in [0.15, 0.2) is 18.3 Å². The van der Waals surface area contributed by atoms with Crippen LogP contribution in [0.5, 0.6) is 0 Å². The summed E-state index contributed by atoms with van der Waals surface area (Å²) in [5.74, 6) is 0.524. The zero-order valence-electron chi connectivity index (χ0n) is 11.6. The van der Waals surface area contributed by atoms with Gasteiger partial charge < -0.3 is 10.6 Å². The van der Waals surface area contributed by atoms with Crippen molar-refractivity contribution in [3.8, 4) is 0 Å². The fourth-order valence-electron chi connectivity index (χ4n) is 2.68. The van der Waals surface area contributed by atoms with Crippen molar-refractivity contribution in [2.75, 3.05) is 13.1 Å². The molecule has 2 atom stereocenters. The number of aromatic nitrogens is 2. The van der Waals surface area contributed by atoms with E-state index in [-0.39, 0.29) is 11.9 Å². The highest BCUT2D eigenvalue weighted by molar-refractivity contribution is 5.91. The van der Waals surface area contributed by atoms with Gasteiger partial charge in [-0.05, 0) is 30.9 Å². The molecule has 2 rings (SSSR count). The highest BCUT2D eigenvalue weighted by Crippen LogP contribution is 2.22. The van der Waals surface area contributed by atoms with Gasteiger partial charge >= 0.3 is 0 Å². The Morgan fingerprint density at radius 2 is 2.42 bits per heavy atom. The molecule has 2 heterocycles. The summed E-state index contributed by atoms with van der Waals surface area (Å²) in [6.45, 7) is 3.51. The van der Waals surface area contributed by atoms with Crippen LogP contribution in [-0.4, -0.2) is 39.7 Å². The summed E-state index contributed by atoms with van der Waals surface area (Å²) in [6, 6.07) is 2.04. The van der Waals surface area contributed by atoms with Crippen molar-refractivity contribution in [1.29, 1.82) is 0 Å². The quantitative estimate of drug-likeness (QED) is 0.827. The van der Waals surface area contributed by atoms with E-state index in [0.29, 0.717) is 12.5 Å². The van der Waals surface area contributed by atoms with Crippen molar-refractivity contribution in [3.63, 3.8) is 0 Å². The van der Waals surface area contributed by atoms with Crippen molar-refractivity contribution in [1.82, 2.24) is 14.7 Å². The predicted molar refractivity (Wildman–Crippen MR) is 75.2 cm³/mol. The van der Waals surface area contributed by atoms with Gasteiger partial charge in [0.25, 0.3) is 0 Å². The minimum Gasteiger partial charge on any atom is -0.335 e. The fourth-order valence-corrected chi connectivity index (χ4v) is 2.68. The molecule has 5 nitrogen and oxygen atoms in total. The standard InChI is InChI=1S/C14H22N4O/c1-11-4-3-9-18(13(11)10-15)14(19)6-5-12-7-8-16-17(12)2/h5-8,11,13H,3-4,9-10,15H2,1-2H3/b6-5+. The summed E-state index contributed by atoms with van der Waals surface area (Å²) in [7, 11) is 1.86. The topological polar surface area (TPSA) is 64.2 Å². The summed E-state index contributed by atoms with van der Waals surface area (Å²) in [5.41, 5.74) is 6.72. The Bertz CT molecular complexity index is 466. The third-order valence-electron chi connectivity index (χ3n) is 3.90. The number of carbonyl (C=O) groups is 1. The van der Waals surface area contributed by atoms with E-state index >= 15 is 0 Å². The Balaban J connectivity index is 2.06. The summed E-state index contributed by atoms with van der Waals surface area (Å²) in [5, 5.41) is 4.07. The molecule has 0 radical (unpaired) electrons. The van der Waals surface area contributed by atoms with Crippen molar-refractivity contribution in [2.24, 2.45) is 18.7 Å². The maximum atomic E-state index is 12.3. The maximum Gasteiger partial charge on any atom is 0.246 e. The van der Waals surface area contributed by atoms with E-state index in [9.17, 15) is 4.79 Å². The van der Waals surface area contributed by atoms with E-state index in [1.54, 1.807) is 17.0 Å². The lowest BCUT2D eigenvalue weighted by Crippen LogP contribution is -2.50. The third-order valence-corrected chi connectivity index (χ3v) is 3.90. The number of carbonyl (C=O) groups excluding carboxylic acids is 1. The minimum atomic E-state index is 0.0446. The van der Waals surface area contributed by atoms with Crippen molar-refractivity contribution < 1.29 is 4.79 Å². The van der Waals surface area contributed by atoms with Crippen molar-refractivity contribution in [2.45, 2.75) is 25.8 Å². The molecule has 2 unspecified atom stereocenters. The van der Waals surface area contributed by atoms with Gasteiger partial charge in [-0.25, -0.2) is 0 Å². The summed E-state index contributed by atoms with van der Waals surface area (Å²) in [6.07, 6.45) is 7.36. The molecule has 2 N–H and O–H groups in total. The van der Waals surface area contributed by atoms with Gasteiger partial charge in [0, 0.05) is 38.5 Å². The molecule has 0 aliphatic carbocycles. The number of hydrogen-bond donors (Lipinski definition) is 1. The van der Waals surface area contributed by atoms with Crippen LogP contribution in [0, 0.1) is 5.92 Å². The summed E-state index contributed by atoms with van der Waals surface area (Å²) < 4.78 is 1.74. The molecule has 0 saturated carbocycles. The first-order valence-corrected chi connectivity index (χ1v) is 6.80. The Kier molecular flexibility index (Phi) is 4.37. The second kappa shape index (κ2) is 6.02.